The maximum absolute atomic E-state index is 11.9. The van der Waals surface area contributed by atoms with Gasteiger partial charge in [-0.25, -0.2) is 0 Å². The number of carbonyl (C=O) groups is 1. The van der Waals surface area contributed by atoms with Crippen molar-refractivity contribution < 1.29 is 4.79 Å². The van der Waals surface area contributed by atoms with Crippen LogP contribution < -0.4 is 10.6 Å². The van der Waals surface area contributed by atoms with Gasteiger partial charge in [-0.2, -0.15) is 0 Å². The van der Waals surface area contributed by atoms with Crippen LogP contribution in [-0.4, -0.2) is 24.0 Å². The third-order valence-corrected chi connectivity index (χ3v) is 3.35. The third-order valence-electron chi connectivity index (χ3n) is 3.35. The van der Waals surface area contributed by atoms with E-state index in [4.69, 9.17) is 0 Å². The first kappa shape index (κ1) is 16.0. The minimum absolute atomic E-state index is 0.0673. The predicted molar refractivity (Wildman–Crippen MR) is 90.1 cm³/mol. The molecule has 1 aromatic heterocycles. The molecule has 2 rings (SSSR count). The quantitative estimate of drug-likeness (QED) is 0.735. The fourth-order valence-electron chi connectivity index (χ4n) is 2.17. The van der Waals surface area contributed by atoms with Gasteiger partial charge in [0.1, 0.15) is 0 Å². The Hall–Kier alpha value is -2.36. The summed E-state index contributed by atoms with van der Waals surface area (Å²) in [7, 11) is 0. The summed E-state index contributed by atoms with van der Waals surface area (Å²) in [5, 5.41) is 6.18. The van der Waals surface area contributed by atoms with Crippen LogP contribution in [0.2, 0.25) is 0 Å². The van der Waals surface area contributed by atoms with Gasteiger partial charge in [-0.1, -0.05) is 37.3 Å². The summed E-state index contributed by atoms with van der Waals surface area (Å²) in [6.07, 6.45) is 6.35. The van der Waals surface area contributed by atoms with Crippen LogP contribution in [0.25, 0.3) is 0 Å². The van der Waals surface area contributed by atoms with Gasteiger partial charge in [0.15, 0.2) is 0 Å². The summed E-state index contributed by atoms with van der Waals surface area (Å²) in [5.41, 5.74) is 2.83. The van der Waals surface area contributed by atoms with Crippen molar-refractivity contribution in [3.05, 3.63) is 59.9 Å². The van der Waals surface area contributed by atoms with E-state index in [0.717, 1.165) is 31.5 Å². The lowest BCUT2D eigenvalue weighted by Crippen LogP contribution is -2.24. The van der Waals surface area contributed by atoms with Gasteiger partial charge >= 0.3 is 0 Å². The standard InChI is InChI=1S/C18H23N3O/c1-2-10-21-18(22)16-12-17(14-19-13-16)20-11-6-9-15-7-4-3-5-8-15/h3-5,7-8,12-14,20H,2,6,9-11H2,1H3,(H,21,22). The minimum Gasteiger partial charge on any atom is -0.384 e. The first-order valence-electron chi connectivity index (χ1n) is 7.80. The van der Waals surface area contributed by atoms with E-state index in [-0.39, 0.29) is 5.91 Å². The largest absolute Gasteiger partial charge is 0.384 e. The molecule has 22 heavy (non-hydrogen) atoms. The molecule has 0 atom stereocenters. The van der Waals surface area contributed by atoms with Gasteiger partial charge in [0, 0.05) is 25.5 Å². The number of hydrogen-bond donors (Lipinski definition) is 2. The Kier molecular flexibility index (Phi) is 6.42. The lowest BCUT2D eigenvalue weighted by atomic mass is 10.1. The molecule has 4 heteroatoms. The van der Waals surface area contributed by atoms with Crippen LogP contribution >= 0.6 is 0 Å². The Morgan fingerprint density at radius 1 is 1.14 bits per heavy atom. The second-order valence-corrected chi connectivity index (χ2v) is 5.23. The van der Waals surface area contributed by atoms with Crippen molar-refractivity contribution in [1.82, 2.24) is 10.3 Å². The molecule has 0 fully saturated rings. The van der Waals surface area contributed by atoms with Crippen LogP contribution in [0.1, 0.15) is 35.7 Å². The maximum Gasteiger partial charge on any atom is 0.252 e. The first-order chi connectivity index (χ1) is 10.8. The number of pyridine rings is 1. The van der Waals surface area contributed by atoms with Crippen molar-refractivity contribution in [2.24, 2.45) is 0 Å². The van der Waals surface area contributed by atoms with E-state index in [1.807, 2.05) is 19.1 Å². The van der Waals surface area contributed by atoms with E-state index in [9.17, 15) is 4.79 Å². The van der Waals surface area contributed by atoms with Crippen molar-refractivity contribution in [2.75, 3.05) is 18.4 Å². The van der Waals surface area contributed by atoms with Gasteiger partial charge in [0.05, 0.1) is 11.3 Å². The van der Waals surface area contributed by atoms with Crippen LogP contribution in [0.3, 0.4) is 0 Å². The molecule has 2 N–H and O–H groups in total. The van der Waals surface area contributed by atoms with E-state index in [0.29, 0.717) is 12.1 Å². The molecule has 0 unspecified atom stereocenters. The van der Waals surface area contributed by atoms with Crippen molar-refractivity contribution >= 4 is 11.6 Å². The number of nitrogens with one attached hydrogen (secondary N) is 2. The van der Waals surface area contributed by atoms with E-state index in [2.05, 4.69) is 39.9 Å². The highest BCUT2D eigenvalue weighted by Gasteiger charge is 2.05. The molecule has 0 saturated carbocycles. The van der Waals surface area contributed by atoms with Gasteiger partial charge in [0.25, 0.3) is 5.91 Å². The van der Waals surface area contributed by atoms with E-state index < -0.39 is 0 Å². The molecule has 0 aliphatic rings. The number of amides is 1. The van der Waals surface area contributed by atoms with Gasteiger partial charge < -0.3 is 10.6 Å². The Morgan fingerprint density at radius 3 is 2.73 bits per heavy atom. The van der Waals surface area contributed by atoms with Crippen LogP contribution in [0, 0.1) is 0 Å². The monoisotopic (exact) mass is 297 g/mol. The van der Waals surface area contributed by atoms with Crippen LogP contribution in [0.4, 0.5) is 5.69 Å². The highest BCUT2D eigenvalue weighted by Crippen LogP contribution is 2.09. The third kappa shape index (κ3) is 5.20. The topological polar surface area (TPSA) is 54.0 Å². The number of anilines is 1. The summed E-state index contributed by atoms with van der Waals surface area (Å²) in [6, 6.07) is 12.3. The number of aromatic nitrogens is 1. The fourth-order valence-corrected chi connectivity index (χ4v) is 2.17. The van der Waals surface area contributed by atoms with Gasteiger partial charge in [0.2, 0.25) is 0 Å². The molecule has 2 aromatic rings. The minimum atomic E-state index is -0.0673. The van der Waals surface area contributed by atoms with Crippen molar-refractivity contribution in [3.8, 4) is 0 Å². The van der Waals surface area contributed by atoms with Crippen molar-refractivity contribution in [2.45, 2.75) is 26.2 Å². The SMILES string of the molecule is CCCNC(=O)c1cncc(NCCCc2ccccc2)c1. The molecule has 1 amide bonds. The number of carbonyl (C=O) groups excluding carboxylic acids is 1. The average molecular weight is 297 g/mol. The van der Waals surface area contributed by atoms with Crippen molar-refractivity contribution in [1.29, 1.82) is 0 Å². The second kappa shape index (κ2) is 8.82. The normalized spacial score (nSPS) is 10.2. The Bertz CT molecular complexity index is 584. The number of aryl methyl sites for hydroxylation is 1. The Labute approximate surface area is 132 Å². The second-order valence-electron chi connectivity index (χ2n) is 5.23. The number of rotatable bonds is 8. The average Bonchev–Trinajstić information content (AvgIpc) is 2.58. The fraction of sp³-hybridized carbons (Fsp3) is 0.333. The molecule has 1 heterocycles. The zero-order valence-corrected chi connectivity index (χ0v) is 13.0. The molecule has 4 nitrogen and oxygen atoms in total. The number of benzene rings is 1. The summed E-state index contributed by atoms with van der Waals surface area (Å²) in [4.78, 5) is 16.0. The molecule has 1 aromatic carbocycles. The predicted octanol–water partition coefficient (Wildman–Crippen LogP) is 3.27. The molecule has 0 aliphatic carbocycles. The Morgan fingerprint density at radius 2 is 1.95 bits per heavy atom. The molecule has 0 saturated heterocycles. The lowest BCUT2D eigenvalue weighted by Gasteiger charge is -2.08. The van der Waals surface area contributed by atoms with Crippen molar-refractivity contribution in [3.63, 3.8) is 0 Å². The molecule has 0 bridgehead atoms. The van der Waals surface area contributed by atoms with E-state index in [1.54, 1.807) is 12.4 Å². The molecule has 116 valence electrons. The zero-order chi connectivity index (χ0) is 15.6. The molecule has 0 radical (unpaired) electrons. The van der Waals surface area contributed by atoms with E-state index >= 15 is 0 Å². The summed E-state index contributed by atoms with van der Waals surface area (Å²) in [6.45, 7) is 3.58. The number of hydrogen-bond acceptors (Lipinski definition) is 3. The summed E-state index contributed by atoms with van der Waals surface area (Å²) in [5.74, 6) is -0.0673. The summed E-state index contributed by atoms with van der Waals surface area (Å²) >= 11 is 0. The van der Waals surface area contributed by atoms with Gasteiger partial charge in [-0.15, -0.1) is 0 Å². The first-order valence-corrected chi connectivity index (χ1v) is 7.80. The highest BCUT2D eigenvalue weighted by molar-refractivity contribution is 5.94. The van der Waals surface area contributed by atoms with Crippen LogP contribution in [0.5, 0.6) is 0 Å². The molecular weight excluding hydrogens is 274 g/mol. The van der Waals surface area contributed by atoms with Gasteiger partial charge in [-0.05, 0) is 30.9 Å². The highest BCUT2D eigenvalue weighted by atomic mass is 16.1. The smallest absolute Gasteiger partial charge is 0.252 e. The van der Waals surface area contributed by atoms with Crippen LogP contribution in [-0.2, 0) is 6.42 Å². The maximum atomic E-state index is 11.9. The van der Waals surface area contributed by atoms with Crippen LogP contribution in [0.15, 0.2) is 48.8 Å². The lowest BCUT2D eigenvalue weighted by molar-refractivity contribution is 0.0953. The summed E-state index contributed by atoms with van der Waals surface area (Å²) < 4.78 is 0. The molecular formula is C18H23N3O. The van der Waals surface area contributed by atoms with Gasteiger partial charge in [-0.3, -0.25) is 9.78 Å². The van der Waals surface area contributed by atoms with E-state index in [1.165, 1.54) is 5.56 Å². The molecule has 0 spiro atoms. The zero-order valence-electron chi connectivity index (χ0n) is 13.0. The molecule has 0 aliphatic heterocycles. The number of nitrogens with zero attached hydrogens (tertiary/aromatic N) is 1. The Balaban J connectivity index is 1.79.